The predicted molar refractivity (Wildman–Crippen MR) is 80.1 cm³/mol. The summed E-state index contributed by atoms with van der Waals surface area (Å²) in [6.45, 7) is 1.28. The third-order valence-corrected chi connectivity index (χ3v) is 4.15. The lowest BCUT2D eigenvalue weighted by molar-refractivity contribution is 0.134. The molecule has 3 rings (SSSR count). The summed E-state index contributed by atoms with van der Waals surface area (Å²) < 4.78 is 5.38. The summed E-state index contributed by atoms with van der Waals surface area (Å²) in [6.07, 6.45) is -0.116. The van der Waals surface area contributed by atoms with E-state index in [1.54, 1.807) is 12.1 Å². The van der Waals surface area contributed by atoms with E-state index in [9.17, 15) is 5.11 Å². The van der Waals surface area contributed by atoms with E-state index in [1.165, 1.54) is 5.56 Å². The summed E-state index contributed by atoms with van der Waals surface area (Å²) in [5.41, 5.74) is 4.13. The molecule has 4 heteroatoms. The second-order valence-corrected chi connectivity index (χ2v) is 5.82. The Morgan fingerprint density at radius 1 is 1.05 bits per heavy atom. The van der Waals surface area contributed by atoms with Gasteiger partial charge in [-0.3, -0.25) is 0 Å². The monoisotopic (exact) mass is 308 g/mol. The second-order valence-electron chi connectivity index (χ2n) is 4.98. The van der Waals surface area contributed by atoms with E-state index < -0.39 is 6.10 Å². The maximum absolute atomic E-state index is 10.4. The van der Waals surface area contributed by atoms with Crippen molar-refractivity contribution in [1.29, 1.82) is 0 Å². The van der Waals surface area contributed by atoms with Crippen LogP contribution in [0.15, 0.2) is 36.4 Å². The van der Waals surface area contributed by atoms with Gasteiger partial charge in [0.15, 0.2) is 0 Å². The van der Waals surface area contributed by atoms with Crippen LogP contribution in [-0.2, 0) is 24.4 Å². The van der Waals surface area contributed by atoms with Crippen molar-refractivity contribution in [3.63, 3.8) is 0 Å². The molecule has 20 heavy (non-hydrogen) atoms. The van der Waals surface area contributed by atoms with Crippen LogP contribution in [0.3, 0.4) is 0 Å². The molecule has 1 aliphatic rings. The standard InChI is InChI=1S/C16H14Cl2O2/c17-14-4-3-10(15(18)7-14)6-16(19)11-1-2-12-8-20-9-13(12)5-11/h1-5,7,16,19H,6,8-9H2. The number of aliphatic hydroxyl groups excluding tert-OH is 1. The van der Waals surface area contributed by atoms with E-state index >= 15 is 0 Å². The third-order valence-electron chi connectivity index (χ3n) is 3.56. The lowest BCUT2D eigenvalue weighted by Crippen LogP contribution is -2.03. The maximum atomic E-state index is 10.4. The number of rotatable bonds is 3. The molecule has 0 spiro atoms. The van der Waals surface area contributed by atoms with Gasteiger partial charge in [-0.15, -0.1) is 0 Å². The average Bonchev–Trinajstić information content (AvgIpc) is 2.89. The van der Waals surface area contributed by atoms with Gasteiger partial charge in [0, 0.05) is 16.5 Å². The third kappa shape index (κ3) is 2.84. The van der Waals surface area contributed by atoms with Gasteiger partial charge in [-0.25, -0.2) is 0 Å². The van der Waals surface area contributed by atoms with Crippen LogP contribution < -0.4 is 0 Å². The molecule has 0 saturated heterocycles. The smallest absolute Gasteiger partial charge is 0.0831 e. The van der Waals surface area contributed by atoms with Gasteiger partial charge in [0.1, 0.15) is 0 Å². The van der Waals surface area contributed by atoms with Crippen molar-refractivity contribution in [2.45, 2.75) is 25.7 Å². The molecule has 2 nitrogen and oxygen atoms in total. The minimum absolute atomic E-state index is 0.468. The van der Waals surface area contributed by atoms with E-state index in [0.717, 1.165) is 16.7 Å². The number of benzene rings is 2. The van der Waals surface area contributed by atoms with E-state index in [-0.39, 0.29) is 0 Å². The van der Waals surface area contributed by atoms with E-state index in [4.69, 9.17) is 27.9 Å². The van der Waals surface area contributed by atoms with Crippen LogP contribution in [0.5, 0.6) is 0 Å². The van der Waals surface area contributed by atoms with Gasteiger partial charge in [-0.2, -0.15) is 0 Å². The zero-order valence-corrected chi connectivity index (χ0v) is 12.3. The van der Waals surface area contributed by atoms with E-state index in [2.05, 4.69) is 0 Å². The molecular formula is C16H14Cl2O2. The Kier molecular flexibility index (Phi) is 3.99. The lowest BCUT2D eigenvalue weighted by Gasteiger charge is -2.13. The van der Waals surface area contributed by atoms with Crippen LogP contribution in [0.4, 0.5) is 0 Å². The fraction of sp³-hybridized carbons (Fsp3) is 0.250. The molecule has 2 aromatic carbocycles. The van der Waals surface area contributed by atoms with Crippen molar-refractivity contribution in [3.05, 3.63) is 68.7 Å². The molecule has 104 valence electrons. The molecule has 0 fully saturated rings. The first-order valence-electron chi connectivity index (χ1n) is 6.45. The molecule has 0 amide bonds. The van der Waals surface area contributed by atoms with E-state index in [1.807, 2.05) is 24.3 Å². The number of halogens is 2. The minimum Gasteiger partial charge on any atom is -0.388 e. The summed E-state index contributed by atoms with van der Waals surface area (Å²) in [5, 5.41) is 11.6. The van der Waals surface area contributed by atoms with Crippen LogP contribution >= 0.6 is 23.2 Å². The quantitative estimate of drug-likeness (QED) is 0.916. The van der Waals surface area contributed by atoms with Gasteiger partial charge in [-0.1, -0.05) is 47.5 Å². The molecule has 1 atom stereocenters. The number of aliphatic hydroxyl groups is 1. The highest BCUT2D eigenvalue weighted by Crippen LogP contribution is 2.28. The Hall–Kier alpha value is -1.06. The molecule has 1 heterocycles. The van der Waals surface area contributed by atoms with Crippen molar-refractivity contribution in [2.75, 3.05) is 0 Å². The summed E-state index contributed by atoms with van der Waals surface area (Å²) >= 11 is 12.0. The molecule has 0 radical (unpaired) electrons. The summed E-state index contributed by atoms with van der Waals surface area (Å²) in [4.78, 5) is 0. The first-order chi connectivity index (χ1) is 9.63. The maximum Gasteiger partial charge on any atom is 0.0831 e. The SMILES string of the molecule is OC(Cc1ccc(Cl)cc1Cl)c1ccc2c(c1)COC2. The van der Waals surface area contributed by atoms with Gasteiger partial charge in [-0.05, 0) is 34.4 Å². The largest absolute Gasteiger partial charge is 0.388 e. The van der Waals surface area contributed by atoms with Gasteiger partial charge < -0.3 is 9.84 Å². The summed E-state index contributed by atoms with van der Waals surface area (Å²) in [7, 11) is 0. The molecule has 0 bridgehead atoms. The van der Waals surface area contributed by atoms with E-state index in [0.29, 0.717) is 29.7 Å². The van der Waals surface area contributed by atoms with Crippen molar-refractivity contribution in [1.82, 2.24) is 0 Å². The van der Waals surface area contributed by atoms with Gasteiger partial charge in [0.2, 0.25) is 0 Å². The lowest BCUT2D eigenvalue weighted by atomic mass is 9.98. The Morgan fingerprint density at radius 3 is 2.65 bits per heavy atom. The number of ether oxygens (including phenoxy) is 1. The zero-order valence-electron chi connectivity index (χ0n) is 10.8. The average molecular weight is 309 g/mol. The zero-order chi connectivity index (χ0) is 14.1. The van der Waals surface area contributed by atoms with Gasteiger partial charge in [0.25, 0.3) is 0 Å². The first kappa shape index (κ1) is 13.9. The first-order valence-corrected chi connectivity index (χ1v) is 7.20. The summed E-state index contributed by atoms with van der Waals surface area (Å²) in [5.74, 6) is 0. The van der Waals surface area contributed by atoms with Crippen LogP contribution in [0.1, 0.15) is 28.4 Å². The fourth-order valence-corrected chi connectivity index (χ4v) is 2.90. The molecule has 1 aliphatic heterocycles. The van der Waals surface area contributed by atoms with Crippen LogP contribution in [0.2, 0.25) is 10.0 Å². The second kappa shape index (κ2) is 5.74. The number of fused-ring (bicyclic) bond motifs is 1. The predicted octanol–water partition coefficient (Wildman–Crippen LogP) is 4.30. The highest BCUT2D eigenvalue weighted by atomic mass is 35.5. The number of hydrogen-bond acceptors (Lipinski definition) is 2. The normalized spacial score (nSPS) is 15.2. The van der Waals surface area contributed by atoms with Crippen molar-refractivity contribution < 1.29 is 9.84 Å². The Morgan fingerprint density at radius 2 is 1.85 bits per heavy atom. The highest BCUT2D eigenvalue weighted by molar-refractivity contribution is 6.35. The molecule has 0 saturated carbocycles. The minimum atomic E-state index is -0.584. The highest BCUT2D eigenvalue weighted by Gasteiger charge is 2.16. The molecule has 0 aliphatic carbocycles. The van der Waals surface area contributed by atoms with Crippen LogP contribution in [0.25, 0.3) is 0 Å². The summed E-state index contributed by atoms with van der Waals surface area (Å²) in [6, 6.07) is 11.3. The molecule has 1 N–H and O–H groups in total. The van der Waals surface area contributed by atoms with Gasteiger partial charge in [0.05, 0.1) is 19.3 Å². The van der Waals surface area contributed by atoms with Crippen molar-refractivity contribution in [3.8, 4) is 0 Å². The fourth-order valence-electron chi connectivity index (χ4n) is 2.41. The van der Waals surface area contributed by atoms with Crippen LogP contribution in [-0.4, -0.2) is 5.11 Å². The Bertz CT molecular complexity index is 640. The van der Waals surface area contributed by atoms with Crippen molar-refractivity contribution >= 4 is 23.2 Å². The number of hydrogen-bond donors (Lipinski definition) is 1. The molecular weight excluding hydrogens is 295 g/mol. The topological polar surface area (TPSA) is 29.5 Å². The Balaban J connectivity index is 1.80. The van der Waals surface area contributed by atoms with Gasteiger partial charge >= 0.3 is 0 Å². The van der Waals surface area contributed by atoms with Crippen molar-refractivity contribution in [2.24, 2.45) is 0 Å². The molecule has 2 aromatic rings. The molecule has 1 unspecified atom stereocenters. The van der Waals surface area contributed by atoms with Crippen LogP contribution in [0, 0.1) is 0 Å². The molecule has 0 aromatic heterocycles. The Labute approximate surface area is 127 Å².